The fourth-order valence-electron chi connectivity index (χ4n) is 10.4. The number of unbranched alkanes of at least 4 members (excludes halogenated alkanes) is 2. The number of nitrogens with one attached hydrogen (secondary N) is 4. The number of primary amides is 1. The van der Waals surface area contributed by atoms with E-state index >= 15 is 4.39 Å². The Hall–Kier alpha value is -8.06. The molecule has 9 amide bonds. The Balaban J connectivity index is 0.973. The SMILES string of the molecule is CC(C)[C@H](NC(=O)CCCCCN1C(=O)C=CC1=O)C(=O)N[C@@H](CCCNC(N)=O)C(=O)Nc1ccc(COC(=O)N2C[C@@H](CN(C(=O)CO)[C@H](c3nc(-c4cccc(F)c4)cn3Cc3ccccc3)C3CCS(=O)(=O)CC3)[C@@H](F)C2)cc1. The highest BCUT2D eigenvalue weighted by molar-refractivity contribution is 7.91. The van der Waals surface area contributed by atoms with Gasteiger partial charge in [0.25, 0.3) is 11.8 Å². The number of urea groups is 1. The van der Waals surface area contributed by atoms with Gasteiger partial charge in [-0.15, -0.1) is 0 Å². The average molecular weight is 1170 g/mol. The number of aromatic nitrogens is 2. The summed E-state index contributed by atoms with van der Waals surface area (Å²) in [6.07, 6.45) is 3.81. The number of rotatable bonds is 27. The molecule has 0 saturated carbocycles. The number of hydrogen-bond donors (Lipinski definition) is 6. The maximum absolute atomic E-state index is 16.3. The Morgan fingerprint density at radius 2 is 1.58 bits per heavy atom. The summed E-state index contributed by atoms with van der Waals surface area (Å²) in [6.45, 7) is 2.03. The first kappa shape index (κ1) is 62.5. The molecule has 3 aromatic carbocycles. The van der Waals surface area contributed by atoms with E-state index in [1.165, 1.54) is 34.1 Å². The third kappa shape index (κ3) is 17.7. The number of benzene rings is 3. The van der Waals surface area contributed by atoms with Gasteiger partial charge in [0.1, 0.15) is 52.9 Å². The van der Waals surface area contributed by atoms with E-state index < -0.39 is 94.1 Å². The van der Waals surface area contributed by atoms with Crippen LogP contribution in [0.5, 0.6) is 0 Å². The zero-order chi connectivity index (χ0) is 59.8. The zero-order valence-corrected chi connectivity index (χ0v) is 47.2. The second kappa shape index (κ2) is 29.3. The smallest absolute Gasteiger partial charge is 0.410 e. The molecule has 0 aliphatic carbocycles. The molecule has 2 saturated heterocycles. The van der Waals surface area contributed by atoms with Crippen molar-refractivity contribution in [3.63, 3.8) is 0 Å². The van der Waals surface area contributed by atoms with Crippen molar-refractivity contribution < 1.29 is 65.4 Å². The molecule has 446 valence electrons. The zero-order valence-electron chi connectivity index (χ0n) is 46.4. The highest BCUT2D eigenvalue weighted by Gasteiger charge is 2.44. The van der Waals surface area contributed by atoms with Gasteiger partial charge in [0, 0.05) is 74.7 Å². The van der Waals surface area contributed by atoms with Crippen molar-refractivity contribution in [3.05, 3.63) is 120 Å². The molecular weight excluding hydrogens is 1100 g/mol. The molecule has 0 unspecified atom stereocenters. The minimum absolute atomic E-state index is 0.0710. The third-order valence-corrected chi connectivity index (χ3v) is 16.6. The van der Waals surface area contributed by atoms with Gasteiger partial charge in [-0.2, -0.15) is 0 Å². The van der Waals surface area contributed by atoms with Gasteiger partial charge < -0.3 is 51.2 Å². The molecule has 3 aliphatic rings. The van der Waals surface area contributed by atoms with E-state index in [4.69, 9.17) is 15.5 Å². The first-order valence-corrected chi connectivity index (χ1v) is 29.6. The van der Waals surface area contributed by atoms with Crippen LogP contribution in [-0.2, 0) is 56.5 Å². The van der Waals surface area contributed by atoms with Gasteiger partial charge in [0.15, 0.2) is 0 Å². The summed E-state index contributed by atoms with van der Waals surface area (Å²) in [4.78, 5) is 112. The van der Waals surface area contributed by atoms with Crippen LogP contribution in [0, 0.1) is 23.6 Å². The fourth-order valence-corrected chi connectivity index (χ4v) is 11.9. The second-order valence-electron chi connectivity index (χ2n) is 21.4. The van der Waals surface area contributed by atoms with Crippen molar-refractivity contribution in [3.8, 4) is 11.3 Å². The van der Waals surface area contributed by atoms with Crippen LogP contribution >= 0.6 is 0 Å². The van der Waals surface area contributed by atoms with E-state index in [9.17, 15) is 56.3 Å². The van der Waals surface area contributed by atoms with E-state index in [0.717, 1.165) is 10.5 Å². The number of likely N-dealkylation sites (tertiary alicyclic amines) is 1. The molecular formula is C58H72F2N10O12S. The van der Waals surface area contributed by atoms with E-state index in [0.29, 0.717) is 47.6 Å². The quantitative estimate of drug-likeness (QED) is 0.0354. The largest absolute Gasteiger partial charge is 0.445 e. The minimum Gasteiger partial charge on any atom is -0.445 e. The Kier molecular flexibility index (Phi) is 22.1. The normalized spacial score (nSPS) is 17.9. The van der Waals surface area contributed by atoms with Gasteiger partial charge in [0.05, 0.1) is 29.8 Å². The number of nitrogens with two attached hydrogens (primary N) is 1. The molecule has 5 atom stereocenters. The number of imide groups is 1. The molecule has 1 aromatic heterocycles. The van der Waals surface area contributed by atoms with Crippen molar-refractivity contribution in [2.24, 2.45) is 23.5 Å². The summed E-state index contributed by atoms with van der Waals surface area (Å²) < 4.78 is 63.8. The van der Waals surface area contributed by atoms with Gasteiger partial charge in [0.2, 0.25) is 23.6 Å². The number of nitrogens with zero attached hydrogens (tertiary/aromatic N) is 5. The molecule has 83 heavy (non-hydrogen) atoms. The number of ether oxygens (including phenoxy) is 1. The van der Waals surface area contributed by atoms with Crippen LogP contribution in [0.3, 0.4) is 0 Å². The van der Waals surface area contributed by atoms with E-state index in [2.05, 4.69) is 21.3 Å². The number of aliphatic hydroxyl groups is 1. The Labute approximate surface area is 480 Å². The molecule has 2 fully saturated rings. The van der Waals surface area contributed by atoms with Crippen molar-refractivity contribution >= 4 is 63.1 Å². The summed E-state index contributed by atoms with van der Waals surface area (Å²) in [7, 11) is -3.39. The van der Waals surface area contributed by atoms with Gasteiger partial charge in [-0.3, -0.25) is 33.7 Å². The summed E-state index contributed by atoms with van der Waals surface area (Å²) in [6, 6.07) is 17.6. The molecule has 25 heteroatoms. The van der Waals surface area contributed by atoms with Gasteiger partial charge in [-0.25, -0.2) is 31.8 Å². The molecule has 0 radical (unpaired) electrons. The van der Waals surface area contributed by atoms with Gasteiger partial charge in [-0.05, 0) is 85.8 Å². The Bertz CT molecular complexity index is 3080. The summed E-state index contributed by atoms with van der Waals surface area (Å²) in [5.41, 5.74) is 7.72. The van der Waals surface area contributed by atoms with Crippen LogP contribution in [0.1, 0.15) is 88.2 Å². The van der Waals surface area contributed by atoms with E-state index in [-0.39, 0.29) is 107 Å². The van der Waals surface area contributed by atoms with Gasteiger partial charge >= 0.3 is 12.1 Å². The predicted molar refractivity (Wildman–Crippen MR) is 301 cm³/mol. The number of anilines is 1. The van der Waals surface area contributed by atoms with Crippen LogP contribution in [0.4, 0.5) is 24.1 Å². The minimum atomic E-state index is -3.39. The summed E-state index contributed by atoms with van der Waals surface area (Å²) in [5.74, 6) is -5.49. The number of alkyl halides is 1. The van der Waals surface area contributed by atoms with Crippen molar-refractivity contribution in [2.75, 3.05) is 56.2 Å². The maximum atomic E-state index is 16.3. The average Bonchev–Trinajstić information content (AvgIpc) is 3.34. The van der Waals surface area contributed by atoms with Crippen molar-refractivity contribution in [1.82, 2.24) is 40.2 Å². The lowest BCUT2D eigenvalue weighted by Crippen LogP contribution is -2.54. The number of imidazole rings is 1. The first-order chi connectivity index (χ1) is 39.7. The maximum Gasteiger partial charge on any atom is 0.410 e. The van der Waals surface area contributed by atoms with E-state index in [1.54, 1.807) is 56.4 Å². The van der Waals surface area contributed by atoms with Crippen LogP contribution in [0.15, 0.2) is 97.2 Å². The van der Waals surface area contributed by atoms with E-state index in [1.807, 2.05) is 34.9 Å². The highest BCUT2D eigenvalue weighted by Crippen LogP contribution is 2.39. The molecule has 0 bridgehead atoms. The molecule has 4 aromatic rings. The Morgan fingerprint density at radius 1 is 0.867 bits per heavy atom. The number of carbonyl (C=O) groups is 8. The molecule has 7 N–H and O–H groups in total. The second-order valence-corrected chi connectivity index (χ2v) is 23.7. The lowest BCUT2D eigenvalue weighted by atomic mass is 9.90. The number of sulfone groups is 1. The van der Waals surface area contributed by atoms with Crippen LogP contribution in [0.25, 0.3) is 11.3 Å². The summed E-state index contributed by atoms with van der Waals surface area (Å²) in [5, 5.41) is 21.1. The first-order valence-electron chi connectivity index (χ1n) is 27.8. The van der Waals surface area contributed by atoms with Crippen molar-refractivity contribution in [2.45, 2.75) is 103 Å². The molecule has 4 heterocycles. The third-order valence-electron chi connectivity index (χ3n) is 14.9. The molecule has 3 aliphatic heterocycles. The lowest BCUT2D eigenvalue weighted by Gasteiger charge is -2.39. The van der Waals surface area contributed by atoms with Crippen LogP contribution in [0.2, 0.25) is 0 Å². The van der Waals surface area contributed by atoms with Crippen LogP contribution in [-0.4, -0.2) is 154 Å². The highest BCUT2D eigenvalue weighted by atomic mass is 32.2. The number of halogens is 2. The fraction of sp³-hybridized carbons (Fsp3) is 0.466. The standard InChI is InChI=1S/C58H72F2N10O12S/c1-37(2)52(66-48(72)16-7-4-8-26-69-49(73)21-22-50(69)74)56(77)65-46(15-10-25-62-57(61)78)55(76)63-44-19-17-39(18-20-44)36-82-58(79)68-31-42(45(60)33-68)32-70(51(75)35-71)53(40-23-27-83(80,81)28-24-40)54-64-47(41-13-9-14-43(59)29-41)34-67(54)30-38-11-5-3-6-12-38/h3,5-6,9,11-14,17-22,29,34,37,40,42,45-46,52-53,71H,4,7-8,10,15-16,23-28,30-33,35-36H2,1-2H3,(H,63,76)(H,65,77)(H,66,72)(H3,61,62,78)/t42-,45-,46-,52-,53-/m0/s1. The Morgan fingerprint density at radius 3 is 2.24 bits per heavy atom. The summed E-state index contributed by atoms with van der Waals surface area (Å²) >= 11 is 0. The number of amides is 9. The van der Waals surface area contributed by atoms with Crippen LogP contribution < -0.4 is 27.0 Å². The van der Waals surface area contributed by atoms with Crippen molar-refractivity contribution in [1.29, 1.82) is 0 Å². The molecule has 0 spiro atoms. The topological polar surface area (TPSA) is 302 Å². The predicted octanol–water partition coefficient (Wildman–Crippen LogP) is 4.53. The number of aliphatic hydroxyl groups excluding tert-OH is 1. The molecule has 22 nitrogen and oxygen atoms in total. The number of carbonyl (C=O) groups excluding carboxylic acids is 8. The van der Waals surface area contributed by atoms with Gasteiger partial charge in [-0.1, -0.05) is 74.9 Å². The monoisotopic (exact) mass is 1170 g/mol. The number of hydrogen-bond acceptors (Lipinski definition) is 13. The lowest BCUT2D eigenvalue weighted by molar-refractivity contribution is -0.139. The molecule has 7 rings (SSSR count).